The Morgan fingerprint density at radius 1 is 1.15 bits per heavy atom. The van der Waals surface area contributed by atoms with Crippen molar-refractivity contribution in [1.29, 1.82) is 0 Å². The molecule has 0 spiro atoms. The number of esters is 1. The van der Waals surface area contributed by atoms with Crippen molar-refractivity contribution in [1.82, 2.24) is 4.57 Å². The standard InChI is InChI=1S/C25H23ClN2O5S/c1-5-33-24(30)21-14(2)27-25-28(22(21)16-7-9-17(26)10-8-16)23(29)20(34-25)13-15-6-11-18(31-3)19(12-15)32-4/h6-13,22H,5H2,1-4H3/b20-13-/t22-/m0/s1. The Hall–Kier alpha value is -3.36. The van der Waals surface area contributed by atoms with Crippen molar-refractivity contribution in [2.24, 2.45) is 4.99 Å². The molecule has 1 aliphatic heterocycles. The van der Waals surface area contributed by atoms with Crippen LogP contribution in [0.3, 0.4) is 0 Å². The van der Waals surface area contributed by atoms with Gasteiger partial charge in [0, 0.05) is 5.02 Å². The average Bonchev–Trinajstić information content (AvgIpc) is 3.13. The Morgan fingerprint density at radius 2 is 1.85 bits per heavy atom. The van der Waals surface area contributed by atoms with Gasteiger partial charge in [-0.2, -0.15) is 0 Å². The van der Waals surface area contributed by atoms with Crippen LogP contribution < -0.4 is 24.4 Å². The first-order valence-electron chi connectivity index (χ1n) is 10.5. The molecule has 0 aliphatic carbocycles. The van der Waals surface area contributed by atoms with E-state index in [9.17, 15) is 9.59 Å². The number of rotatable bonds is 6. The third-order valence-corrected chi connectivity index (χ3v) is 6.64. The minimum atomic E-state index is -0.680. The van der Waals surface area contributed by atoms with Crippen LogP contribution in [-0.2, 0) is 9.53 Å². The van der Waals surface area contributed by atoms with Crippen molar-refractivity contribution >= 4 is 35.0 Å². The van der Waals surface area contributed by atoms with E-state index in [0.29, 0.717) is 37.1 Å². The van der Waals surface area contributed by atoms with Gasteiger partial charge in [0.15, 0.2) is 16.3 Å². The number of thiazole rings is 1. The number of methoxy groups -OCH3 is 2. The minimum Gasteiger partial charge on any atom is -0.493 e. The van der Waals surface area contributed by atoms with Gasteiger partial charge in [-0.1, -0.05) is 41.1 Å². The van der Waals surface area contributed by atoms with Crippen LogP contribution in [0.1, 0.15) is 31.0 Å². The quantitative estimate of drug-likeness (QED) is 0.486. The summed E-state index contributed by atoms with van der Waals surface area (Å²) >= 11 is 7.34. The highest BCUT2D eigenvalue weighted by molar-refractivity contribution is 7.07. The Balaban J connectivity index is 1.92. The molecule has 2 heterocycles. The number of fused-ring (bicyclic) bond motifs is 1. The fourth-order valence-electron chi connectivity index (χ4n) is 3.85. The zero-order chi connectivity index (χ0) is 24.4. The van der Waals surface area contributed by atoms with Crippen LogP contribution in [0.25, 0.3) is 6.08 Å². The number of aromatic nitrogens is 1. The monoisotopic (exact) mass is 498 g/mol. The molecule has 7 nitrogen and oxygen atoms in total. The highest BCUT2D eigenvalue weighted by atomic mass is 35.5. The van der Waals surface area contributed by atoms with Gasteiger partial charge < -0.3 is 14.2 Å². The SMILES string of the molecule is CCOC(=O)C1=C(C)N=c2s/c(=C\c3ccc(OC)c(OC)c3)c(=O)n2[C@H]1c1ccc(Cl)cc1. The van der Waals surface area contributed by atoms with Gasteiger partial charge in [-0.25, -0.2) is 9.79 Å². The van der Waals surface area contributed by atoms with Crippen molar-refractivity contribution in [3.8, 4) is 11.5 Å². The van der Waals surface area contributed by atoms with Gasteiger partial charge in [0.1, 0.15) is 0 Å². The molecule has 1 aliphatic rings. The molecule has 0 radical (unpaired) electrons. The summed E-state index contributed by atoms with van der Waals surface area (Å²) in [5.41, 5.74) is 2.09. The summed E-state index contributed by atoms with van der Waals surface area (Å²) in [6.45, 7) is 3.71. The first-order chi connectivity index (χ1) is 16.4. The van der Waals surface area contributed by atoms with E-state index in [-0.39, 0.29) is 12.2 Å². The lowest BCUT2D eigenvalue weighted by molar-refractivity contribution is -0.139. The molecular formula is C25H23ClN2O5S. The molecule has 4 rings (SSSR count). The molecule has 1 aromatic heterocycles. The minimum absolute atomic E-state index is 0.215. The van der Waals surface area contributed by atoms with E-state index in [2.05, 4.69) is 4.99 Å². The second kappa shape index (κ2) is 9.87. The van der Waals surface area contributed by atoms with Crippen LogP contribution in [0.5, 0.6) is 11.5 Å². The largest absolute Gasteiger partial charge is 0.493 e. The Kier molecular flexibility index (Phi) is 6.90. The molecule has 34 heavy (non-hydrogen) atoms. The van der Waals surface area contributed by atoms with E-state index < -0.39 is 12.0 Å². The molecule has 0 saturated carbocycles. The van der Waals surface area contributed by atoms with Gasteiger partial charge in [0.05, 0.1) is 42.7 Å². The molecule has 0 saturated heterocycles. The molecule has 0 bridgehead atoms. The van der Waals surface area contributed by atoms with E-state index >= 15 is 0 Å². The maximum atomic E-state index is 13.6. The van der Waals surface area contributed by atoms with Crippen LogP contribution in [0.2, 0.25) is 5.02 Å². The lowest BCUT2D eigenvalue weighted by Gasteiger charge is -2.24. The fourth-order valence-corrected chi connectivity index (χ4v) is 5.02. The normalized spacial score (nSPS) is 15.6. The second-order valence-corrected chi connectivity index (χ2v) is 8.91. The second-order valence-electron chi connectivity index (χ2n) is 7.47. The lowest BCUT2D eigenvalue weighted by Crippen LogP contribution is -2.39. The molecule has 2 aromatic carbocycles. The van der Waals surface area contributed by atoms with Gasteiger partial charge in [-0.15, -0.1) is 0 Å². The first kappa shape index (κ1) is 23.8. The van der Waals surface area contributed by atoms with Gasteiger partial charge in [0.2, 0.25) is 0 Å². The highest BCUT2D eigenvalue weighted by Crippen LogP contribution is 2.31. The summed E-state index contributed by atoms with van der Waals surface area (Å²) in [7, 11) is 3.12. The summed E-state index contributed by atoms with van der Waals surface area (Å²) in [6.07, 6.45) is 1.77. The first-order valence-corrected chi connectivity index (χ1v) is 11.7. The molecular weight excluding hydrogens is 476 g/mol. The predicted octanol–water partition coefficient (Wildman–Crippen LogP) is 3.47. The summed E-state index contributed by atoms with van der Waals surface area (Å²) in [5.74, 6) is 0.653. The third-order valence-electron chi connectivity index (χ3n) is 5.41. The number of benzene rings is 2. The average molecular weight is 499 g/mol. The summed E-state index contributed by atoms with van der Waals surface area (Å²) in [5, 5.41) is 0.558. The molecule has 176 valence electrons. The van der Waals surface area contributed by atoms with Crippen molar-refractivity contribution < 1.29 is 19.0 Å². The highest BCUT2D eigenvalue weighted by Gasteiger charge is 2.33. The number of halogens is 1. The number of carbonyl (C=O) groups excluding carboxylic acids is 1. The molecule has 0 N–H and O–H groups in total. The summed E-state index contributed by atoms with van der Waals surface area (Å²) in [4.78, 5) is 31.6. The third kappa shape index (κ3) is 4.38. The van der Waals surface area contributed by atoms with Crippen LogP contribution in [0.15, 0.2) is 63.5 Å². The number of nitrogens with zero attached hydrogens (tertiary/aromatic N) is 2. The number of carbonyl (C=O) groups is 1. The van der Waals surface area contributed by atoms with Crippen LogP contribution in [-0.4, -0.2) is 31.4 Å². The maximum Gasteiger partial charge on any atom is 0.338 e. The predicted molar refractivity (Wildman–Crippen MR) is 131 cm³/mol. The van der Waals surface area contributed by atoms with Crippen LogP contribution >= 0.6 is 22.9 Å². The smallest absolute Gasteiger partial charge is 0.338 e. The van der Waals surface area contributed by atoms with E-state index in [1.807, 2.05) is 6.07 Å². The van der Waals surface area contributed by atoms with E-state index in [1.54, 1.807) is 75.1 Å². The van der Waals surface area contributed by atoms with Gasteiger partial charge in [0.25, 0.3) is 5.56 Å². The molecule has 3 aromatic rings. The van der Waals surface area contributed by atoms with Crippen LogP contribution in [0.4, 0.5) is 0 Å². The van der Waals surface area contributed by atoms with Gasteiger partial charge in [-0.05, 0) is 55.3 Å². The topological polar surface area (TPSA) is 79.1 Å². The van der Waals surface area contributed by atoms with E-state index in [0.717, 1.165) is 11.1 Å². The number of allylic oxidation sites excluding steroid dienone is 1. The molecule has 0 amide bonds. The number of hydrogen-bond acceptors (Lipinski definition) is 7. The Morgan fingerprint density at radius 3 is 2.50 bits per heavy atom. The van der Waals surface area contributed by atoms with Crippen molar-refractivity contribution in [2.75, 3.05) is 20.8 Å². The zero-order valence-electron chi connectivity index (χ0n) is 19.1. The fraction of sp³-hybridized carbons (Fsp3) is 0.240. The van der Waals surface area contributed by atoms with Crippen LogP contribution in [0, 0.1) is 0 Å². The summed E-state index contributed by atoms with van der Waals surface area (Å²) < 4.78 is 18.0. The van der Waals surface area contributed by atoms with E-state index in [1.165, 1.54) is 11.3 Å². The van der Waals surface area contributed by atoms with Crippen molar-refractivity contribution in [3.63, 3.8) is 0 Å². The zero-order valence-corrected chi connectivity index (χ0v) is 20.7. The lowest BCUT2D eigenvalue weighted by atomic mass is 9.96. The number of hydrogen-bond donors (Lipinski definition) is 0. The van der Waals surface area contributed by atoms with Gasteiger partial charge >= 0.3 is 5.97 Å². The van der Waals surface area contributed by atoms with Gasteiger partial charge in [-0.3, -0.25) is 9.36 Å². The Labute approximate surface area is 205 Å². The Bertz CT molecular complexity index is 1450. The van der Waals surface area contributed by atoms with Crippen molar-refractivity contribution in [3.05, 3.63) is 89.6 Å². The molecule has 9 heteroatoms. The number of ether oxygens (including phenoxy) is 3. The maximum absolute atomic E-state index is 13.6. The van der Waals surface area contributed by atoms with E-state index in [4.69, 9.17) is 25.8 Å². The molecule has 0 unspecified atom stereocenters. The summed E-state index contributed by atoms with van der Waals surface area (Å²) in [6, 6.07) is 11.8. The molecule has 1 atom stereocenters. The van der Waals surface area contributed by atoms with Crippen molar-refractivity contribution in [2.45, 2.75) is 19.9 Å². The molecule has 0 fully saturated rings.